The molecule has 0 amide bonds. The summed E-state index contributed by atoms with van der Waals surface area (Å²) in [6.45, 7) is 9.45. The number of aromatic nitrogens is 2. The highest BCUT2D eigenvalue weighted by atomic mass is 16.1. The van der Waals surface area contributed by atoms with E-state index in [-0.39, 0.29) is 29.4 Å². The van der Waals surface area contributed by atoms with Crippen molar-refractivity contribution in [2.75, 3.05) is 0 Å². The van der Waals surface area contributed by atoms with E-state index in [0.717, 1.165) is 36.5 Å². The van der Waals surface area contributed by atoms with E-state index in [1.807, 2.05) is 6.07 Å². The topological polar surface area (TPSA) is 82.5 Å². The van der Waals surface area contributed by atoms with Crippen molar-refractivity contribution >= 4 is 5.78 Å². The monoisotopic (exact) mass is 434 g/mol. The first-order valence-corrected chi connectivity index (χ1v) is 12.8. The van der Waals surface area contributed by atoms with Crippen molar-refractivity contribution < 1.29 is 4.79 Å². The number of Topliss-reactive ketones (excluding diaryl/α,β-unsaturated/α-hetero) is 1. The van der Waals surface area contributed by atoms with Crippen molar-refractivity contribution in [3.63, 3.8) is 0 Å². The normalized spacial score (nSPS) is 38.4. The summed E-state index contributed by atoms with van der Waals surface area (Å²) in [6.07, 6.45) is 10.2. The molecule has 3 saturated carbocycles. The van der Waals surface area contributed by atoms with E-state index in [2.05, 4.69) is 38.9 Å². The molecule has 0 bridgehead atoms. The van der Waals surface area contributed by atoms with E-state index < -0.39 is 0 Å². The standard InChI is InChI=1S/C27H38N4O/c1-5-7-21-18(6-2)8-9-23-22(21)10-11-27(4)24(23)12-17(3)26(27)25(32)16-31-20(15-29)13-19(14-28)30-31/h13,17-18,21-24,26H,5-12,16H2,1-4H3. The minimum absolute atomic E-state index is 0.0169. The van der Waals surface area contributed by atoms with Crippen molar-refractivity contribution in [2.24, 2.45) is 46.8 Å². The highest BCUT2D eigenvalue weighted by molar-refractivity contribution is 5.82. The molecule has 3 fully saturated rings. The predicted octanol–water partition coefficient (Wildman–Crippen LogP) is 5.74. The van der Waals surface area contributed by atoms with Crippen LogP contribution in [0.2, 0.25) is 0 Å². The quantitative estimate of drug-likeness (QED) is 0.572. The van der Waals surface area contributed by atoms with E-state index in [4.69, 9.17) is 5.26 Å². The fourth-order valence-electron chi connectivity index (χ4n) is 8.50. The highest BCUT2D eigenvalue weighted by Crippen LogP contribution is 2.65. The molecule has 3 aliphatic rings. The number of nitriles is 2. The maximum absolute atomic E-state index is 13.6. The Labute approximate surface area is 193 Å². The maximum atomic E-state index is 13.6. The van der Waals surface area contributed by atoms with Crippen molar-refractivity contribution in [2.45, 2.75) is 85.6 Å². The summed E-state index contributed by atoms with van der Waals surface area (Å²) in [5.74, 6) is 4.55. The molecule has 8 atom stereocenters. The Morgan fingerprint density at radius 3 is 2.66 bits per heavy atom. The first kappa shape index (κ1) is 23.0. The lowest BCUT2D eigenvalue weighted by atomic mass is 9.50. The minimum Gasteiger partial charge on any atom is -0.297 e. The fraction of sp³-hybridized carbons (Fsp3) is 0.778. The van der Waals surface area contributed by atoms with Gasteiger partial charge in [-0.05, 0) is 73.0 Å². The third-order valence-electron chi connectivity index (χ3n) is 9.67. The van der Waals surface area contributed by atoms with Crippen LogP contribution in [-0.4, -0.2) is 15.6 Å². The lowest BCUT2D eigenvalue weighted by molar-refractivity contribution is -0.132. The molecule has 0 saturated heterocycles. The molecule has 0 aromatic carbocycles. The summed E-state index contributed by atoms with van der Waals surface area (Å²) in [6, 6.07) is 5.54. The largest absolute Gasteiger partial charge is 0.297 e. The number of hydrogen-bond acceptors (Lipinski definition) is 4. The minimum atomic E-state index is 0.0169. The molecule has 8 unspecified atom stereocenters. The second-order valence-electron chi connectivity index (χ2n) is 11.1. The molecule has 0 spiro atoms. The van der Waals surface area contributed by atoms with Gasteiger partial charge in [-0.25, -0.2) is 4.68 Å². The molecule has 1 aromatic heterocycles. The molecule has 172 valence electrons. The van der Waals surface area contributed by atoms with Crippen LogP contribution in [0.1, 0.15) is 90.4 Å². The van der Waals surface area contributed by atoms with Crippen LogP contribution in [0.15, 0.2) is 6.07 Å². The number of carbonyl (C=O) groups is 1. The van der Waals surface area contributed by atoms with E-state index in [9.17, 15) is 10.1 Å². The molecule has 5 nitrogen and oxygen atoms in total. The van der Waals surface area contributed by atoms with Crippen molar-refractivity contribution in [3.05, 3.63) is 17.5 Å². The van der Waals surface area contributed by atoms with Gasteiger partial charge in [0.25, 0.3) is 0 Å². The zero-order valence-electron chi connectivity index (χ0n) is 20.2. The lowest BCUT2D eigenvalue weighted by Crippen LogP contribution is -2.48. The number of fused-ring (bicyclic) bond motifs is 3. The van der Waals surface area contributed by atoms with Crippen LogP contribution in [0.3, 0.4) is 0 Å². The van der Waals surface area contributed by atoms with Crippen LogP contribution in [-0.2, 0) is 11.3 Å². The SMILES string of the molecule is CCCC1C(CC)CCC2C1CCC1(C)C2CC(C)C1C(=O)Cn1nc(C#N)cc1C#N. The zero-order chi connectivity index (χ0) is 23.0. The van der Waals surface area contributed by atoms with Gasteiger partial charge in [0.15, 0.2) is 11.5 Å². The van der Waals surface area contributed by atoms with Crippen LogP contribution in [0.25, 0.3) is 0 Å². The fourth-order valence-corrected chi connectivity index (χ4v) is 8.50. The first-order valence-electron chi connectivity index (χ1n) is 12.8. The van der Waals surface area contributed by atoms with E-state index in [0.29, 0.717) is 17.5 Å². The van der Waals surface area contributed by atoms with Crippen molar-refractivity contribution in [1.29, 1.82) is 10.5 Å². The van der Waals surface area contributed by atoms with Gasteiger partial charge in [-0.1, -0.05) is 47.0 Å². The van der Waals surface area contributed by atoms with Crippen molar-refractivity contribution in [1.82, 2.24) is 9.78 Å². The molecule has 0 aliphatic heterocycles. The van der Waals surface area contributed by atoms with Gasteiger partial charge >= 0.3 is 0 Å². The van der Waals surface area contributed by atoms with Gasteiger partial charge in [0.1, 0.15) is 24.4 Å². The average molecular weight is 435 g/mol. The Morgan fingerprint density at radius 1 is 1.22 bits per heavy atom. The smallest absolute Gasteiger partial charge is 0.163 e. The van der Waals surface area contributed by atoms with Crippen molar-refractivity contribution in [3.8, 4) is 12.1 Å². The molecule has 32 heavy (non-hydrogen) atoms. The van der Waals surface area contributed by atoms with Gasteiger partial charge in [-0.3, -0.25) is 4.79 Å². The Hall–Kier alpha value is -2.14. The van der Waals surface area contributed by atoms with Crippen LogP contribution in [0, 0.1) is 69.5 Å². The number of nitrogens with zero attached hydrogens (tertiary/aromatic N) is 4. The van der Waals surface area contributed by atoms with Gasteiger partial charge in [0.05, 0.1) is 0 Å². The van der Waals surface area contributed by atoms with Crippen LogP contribution in [0.5, 0.6) is 0 Å². The molecule has 0 N–H and O–H groups in total. The van der Waals surface area contributed by atoms with E-state index >= 15 is 0 Å². The van der Waals surface area contributed by atoms with E-state index in [1.54, 1.807) is 0 Å². The summed E-state index contributed by atoms with van der Waals surface area (Å²) in [5.41, 5.74) is 0.546. The van der Waals surface area contributed by atoms with Gasteiger partial charge in [-0.15, -0.1) is 0 Å². The summed E-state index contributed by atoms with van der Waals surface area (Å²) >= 11 is 0. The molecule has 1 heterocycles. The second-order valence-corrected chi connectivity index (χ2v) is 11.1. The van der Waals surface area contributed by atoms with Gasteiger partial charge in [0, 0.05) is 12.0 Å². The average Bonchev–Trinajstić information content (AvgIpc) is 3.30. The van der Waals surface area contributed by atoms with Gasteiger partial charge in [0.2, 0.25) is 0 Å². The number of ketones is 1. The second kappa shape index (κ2) is 9.01. The third-order valence-corrected chi connectivity index (χ3v) is 9.67. The lowest BCUT2D eigenvalue weighted by Gasteiger charge is -2.54. The summed E-state index contributed by atoms with van der Waals surface area (Å²) in [4.78, 5) is 13.6. The third kappa shape index (κ3) is 3.68. The van der Waals surface area contributed by atoms with Crippen LogP contribution in [0.4, 0.5) is 0 Å². The predicted molar refractivity (Wildman–Crippen MR) is 123 cm³/mol. The molecular formula is C27H38N4O. The number of hydrogen-bond donors (Lipinski definition) is 0. The van der Waals surface area contributed by atoms with Crippen LogP contribution < -0.4 is 0 Å². The maximum Gasteiger partial charge on any atom is 0.163 e. The Bertz CT molecular complexity index is 936. The first-order chi connectivity index (χ1) is 15.4. The Kier molecular flexibility index (Phi) is 6.49. The molecule has 3 aliphatic carbocycles. The summed E-state index contributed by atoms with van der Waals surface area (Å²) in [5, 5.41) is 22.7. The molecule has 1 aromatic rings. The highest BCUT2D eigenvalue weighted by Gasteiger charge is 2.60. The van der Waals surface area contributed by atoms with Crippen LogP contribution >= 0.6 is 0 Å². The van der Waals surface area contributed by atoms with Gasteiger partial charge < -0.3 is 0 Å². The molecular weight excluding hydrogens is 396 g/mol. The van der Waals surface area contributed by atoms with E-state index in [1.165, 1.54) is 49.3 Å². The molecule has 5 heteroatoms. The molecule has 0 radical (unpaired) electrons. The Balaban J connectivity index is 1.57. The molecule has 4 rings (SSSR count). The summed E-state index contributed by atoms with van der Waals surface area (Å²) < 4.78 is 1.44. The number of carbonyl (C=O) groups excluding carboxylic acids is 1. The zero-order valence-corrected chi connectivity index (χ0v) is 20.2. The summed E-state index contributed by atoms with van der Waals surface area (Å²) in [7, 11) is 0. The Morgan fingerprint density at radius 2 is 2.00 bits per heavy atom. The van der Waals surface area contributed by atoms with Gasteiger partial charge in [-0.2, -0.15) is 15.6 Å². The number of rotatable bonds is 6.